The number of ether oxygens (including phenoxy) is 1. The molecule has 0 aromatic carbocycles. The second kappa shape index (κ2) is 4.89. The van der Waals surface area contributed by atoms with Gasteiger partial charge in [0.2, 0.25) is 0 Å². The summed E-state index contributed by atoms with van der Waals surface area (Å²) in [5, 5.41) is 18.5. The zero-order valence-electron chi connectivity index (χ0n) is 9.74. The van der Waals surface area contributed by atoms with Gasteiger partial charge in [0.15, 0.2) is 6.23 Å². The first-order valence-corrected chi connectivity index (χ1v) is 5.47. The quantitative estimate of drug-likeness (QED) is 0.566. The van der Waals surface area contributed by atoms with Gasteiger partial charge in [-0.1, -0.05) is 6.08 Å². The standard InChI is InChI=1S/C11H14N2O5/c1-6-4-13(11(17)12-10(6)16)9-3-2-7(15)8(5-14)18-9/h2-4,7-9,14-15H,5H2,1H3,(H,12,16,17)/t7-,8+,9+/m1/s1. The summed E-state index contributed by atoms with van der Waals surface area (Å²) in [6.45, 7) is 1.21. The van der Waals surface area contributed by atoms with Crippen LogP contribution in [0.15, 0.2) is 27.9 Å². The van der Waals surface area contributed by atoms with E-state index in [0.717, 1.165) is 0 Å². The average molecular weight is 254 g/mol. The molecule has 2 heterocycles. The normalized spacial score (nSPS) is 27.4. The number of aliphatic hydroxyl groups is 2. The van der Waals surface area contributed by atoms with E-state index in [4.69, 9.17) is 9.84 Å². The molecule has 1 aliphatic rings. The highest BCUT2D eigenvalue weighted by Gasteiger charge is 2.26. The Morgan fingerprint density at radius 2 is 2.17 bits per heavy atom. The van der Waals surface area contributed by atoms with E-state index in [9.17, 15) is 14.7 Å². The SMILES string of the molecule is Cc1cn([C@@H]2C=C[C@@H](O)[C@H](CO)O2)c(=O)[nH]c1=O. The Bertz CT molecular complexity index is 574. The van der Waals surface area contributed by atoms with Crippen molar-refractivity contribution in [2.75, 3.05) is 6.61 Å². The van der Waals surface area contributed by atoms with Gasteiger partial charge < -0.3 is 14.9 Å². The van der Waals surface area contributed by atoms with Crippen molar-refractivity contribution in [2.24, 2.45) is 0 Å². The number of aryl methyl sites for hydroxylation is 1. The van der Waals surface area contributed by atoms with Gasteiger partial charge in [-0.25, -0.2) is 4.79 Å². The van der Waals surface area contributed by atoms with Crippen LogP contribution in [0, 0.1) is 6.92 Å². The van der Waals surface area contributed by atoms with Gasteiger partial charge in [0.05, 0.1) is 6.61 Å². The number of aliphatic hydroxyl groups excluding tert-OH is 2. The van der Waals surface area contributed by atoms with Crippen LogP contribution in [0.25, 0.3) is 0 Å². The molecule has 7 nitrogen and oxygen atoms in total. The van der Waals surface area contributed by atoms with Crippen LogP contribution in [-0.2, 0) is 4.74 Å². The van der Waals surface area contributed by atoms with Gasteiger partial charge in [-0.15, -0.1) is 0 Å². The first-order chi connectivity index (χ1) is 8.52. The Labute approximate surface area is 102 Å². The first-order valence-electron chi connectivity index (χ1n) is 5.47. The Kier molecular flexibility index (Phi) is 3.46. The summed E-state index contributed by atoms with van der Waals surface area (Å²) in [7, 11) is 0. The third kappa shape index (κ3) is 2.28. The molecule has 0 fully saturated rings. The van der Waals surface area contributed by atoms with Gasteiger partial charge in [-0.05, 0) is 13.0 Å². The molecule has 0 amide bonds. The smallest absolute Gasteiger partial charge is 0.330 e. The van der Waals surface area contributed by atoms with Crippen molar-refractivity contribution < 1.29 is 14.9 Å². The molecule has 0 saturated carbocycles. The van der Waals surface area contributed by atoms with Crippen molar-refractivity contribution in [3.63, 3.8) is 0 Å². The molecule has 0 spiro atoms. The number of H-pyrrole nitrogens is 1. The number of hydrogen-bond donors (Lipinski definition) is 3. The second-order valence-electron chi connectivity index (χ2n) is 4.10. The minimum atomic E-state index is -0.911. The van der Waals surface area contributed by atoms with E-state index in [1.165, 1.54) is 22.9 Å². The molecule has 0 aliphatic carbocycles. The molecule has 1 aliphatic heterocycles. The molecule has 0 unspecified atom stereocenters. The Morgan fingerprint density at radius 3 is 2.83 bits per heavy atom. The number of aromatic amines is 1. The number of aromatic nitrogens is 2. The molecular formula is C11H14N2O5. The zero-order valence-corrected chi connectivity index (χ0v) is 9.74. The Balaban J connectivity index is 2.39. The lowest BCUT2D eigenvalue weighted by Crippen LogP contribution is -2.40. The van der Waals surface area contributed by atoms with Gasteiger partial charge in [0.25, 0.3) is 5.56 Å². The number of nitrogens with one attached hydrogen (secondary N) is 1. The first kappa shape index (κ1) is 12.7. The van der Waals surface area contributed by atoms with Crippen molar-refractivity contribution >= 4 is 0 Å². The van der Waals surface area contributed by atoms with E-state index in [1.807, 2.05) is 0 Å². The Morgan fingerprint density at radius 1 is 1.44 bits per heavy atom. The third-order valence-corrected chi connectivity index (χ3v) is 2.77. The molecule has 0 radical (unpaired) electrons. The van der Waals surface area contributed by atoms with Gasteiger partial charge >= 0.3 is 5.69 Å². The van der Waals surface area contributed by atoms with Crippen LogP contribution in [0.1, 0.15) is 11.8 Å². The van der Waals surface area contributed by atoms with Crippen LogP contribution in [0.2, 0.25) is 0 Å². The van der Waals surface area contributed by atoms with Crippen LogP contribution in [-0.4, -0.2) is 38.6 Å². The molecular weight excluding hydrogens is 240 g/mol. The highest BCUT2D eigenvalue weighted by atomic mass is 16.5. The van der Waals surface area contributed by atoms with Crippen LogP contribution in [0.5, 0.6) is 0 Å². The minimum Gasteiger partial charge on any atom is -0.394 e. The average Bonchev–Trinajstić information content (AvgIpc) is 2.35. The van der Waals surface area contributed by atoms with Crippen molar-refractivity contribution in [3.05, 3.63) is 44.8 Å². The van der Waals surface area contributed by atoms with Gasteiger partial charge in [0, 0.05) is 11.8 Å². The molecule has 3 N–H and O–H groups in total. The van der Waals surface area contributed by atoms with Crippen molar-refractivity contribution in [2.45, 2.75) is 25.4 Å². The summed E-state index contributed by atoms with van der Waals surface area (Å²) in [6.07, 6.45) is 1.86. The topological polar surface area (TPSA) is 105 Å². The maximum Gasteiger partial charge on any atom is 0.330 e. The molecule has 2 rings (SSSR count). The molecule has 98 valence electrons. The molecule has 7 heteroatoms. The Hall–Kier alpha value is -1.70. The van der Waals surface area contributed by atoms with Crippen LogP contribution in [0.3, 0.4) is 0 Å². The fraction of sp³-hybridized carbons (Fsp3) is 0.455. The summed E-state index contributed by atoms with van der Waals surface area (Å²) in [5.74, 6) is 0. The van der Waals surface area contributed by atoms with E-state index in [-0.39, 0.29) is 6.61 Å². The van der Waals surface area contributed by atoms with E-state index in [1.54, 1.807) is 6.92 Å². The fourth-order valence-corrected chi connectivity index (χ4v) is 1.72. The fourth-order valence-electron chi connectivity index (χ4n) is 1.72. The highest BCUT2D eigenvalue weighted by molar-refractivity contribution is 5.06. The molecule has 1 aromatic rings. The summed E-state index contributed by atoms with van der Waals surface area (Å²) < 4.78 is 6.56. The van der Waals surface area contributed by atoms with Crippen LogP contribution < -0.4 is 11.2 Å². The van der Waals surface area contributed by atoms with Crippen LogP contribution in [0.4, 0.5) is 0 Å². The van der Waals surface area contributed by atoms with Crippen molar-refractivity contribution in [1.82, 2.24) is 9.55 Å². The van der Waals surface area contributed by atoms with Gasteiger partial charge in [-0.3, -0.25) is 14.3 Å². The van der Waals surface area contributed by atoms with Crippen molar-refractivity contribution in [1.29, 1.82) is 0 Å². The maximum atomic E-state index is 11.6. The summed E-state index contributed by atoms with van der Waals surface area (Å²) in [6, 6.07) is 0. The predicted octanol–water partition coefficient (Wildman–Crippen LogP) is -1.35. The predicted molar refractivity (Wildman–Crippen MR) is 62.2 cm³/mol. The van der Waals surface area contributed by atoms with Crippen LogP contribution >= 0.6 is 0 Å². The minimum absolute atomic E-state index is 0.362. The number of hydrogen-bond acceptors (Lipinski definition) is 5. The number of nitrogens with zero attached hydrogens (tertiary/aromatic N) is 1. The van der Waals surface area contributed by atoms with E-state index in [2.05, 4.69) is 4.98 Å². The summed E-state index contributed by atoms with van der Waals surface area (Å²) >= 11 is 0. The molecule has 0 bridgehead atoms. The summed E-state index contributed by atoms with van der Waals surface area (Å²) in [5.41, 5.74) is -0.679. The molecule has 1 aromatic heterocycles. The van der Waals surface area contributed by atoms with Crippen molar-refractivity contribution in [3.8, 4) is 0 Å². The lowest BCUT2D eigenvalue weighted by molar-refractivity contribution is -0.105. The zero-order chi connectivity index (χ0) is 13.3. The third-order valence-electron chi connectivity index (χ3n) is 2.77. The monoisotopic (exact) mass is 254 g/mol. The lowest BCUT2D eigenvalue weighted by atomic mass is 10.1. The maximum absolute atomic E-state index is 11.6. The molecule has 0 saturated heterocycles. The molecule has 3 atom stereocenters. The second-order valence-corrected chi connectivity index (χ2v) is 4.10. The van der Waals surface area contributed by atoms with E-state index >= 15 is 0 Å². The molecule has 18 heavy (non-hydrogen) atoms. The van der Waals surface area contributed by atoms with E-state index in [0.29, 0.717) is 5.56 Å². The number of rotatable bonds is 2. The summed E-state index contributed by atoms with van der Waals surface area (Å²) in [4.78, 5) is 25.0. The lowest BCUT2D eigenvalue weighted by Gasteiger charge is -2.29. The van der Waals surface area contributed by atoms with Gasteiger partial charge in [0.1, 0.15) is 12.2 Å². The van der Waals surface area contributed by atoms with E-state index < -0.39 is 29.7 Å². The largest absolute Gasteiger partial charge is 0.394 e. The highest BCUT2D eigenvalue weighted by Crippen LogP contribution is 2.19. The van der Waals surface area contributed by atoms with Gasteiger partial charge in [-0.2, -0.15) is 0 Å².